The van der Waals surface area contributed by atoms with E-state index in [1.54, 1.807) is 48.5 Å². The Kier molecular flexibility index (Phi) is 8.82. The number of Topliss-reactive ketones (excluding diaryl/α,β-unsaturated/α-hetero) is 1. The van der Waals surface area contributed by atoms with Crippen molar-refractivity contribution >= 4 is 17.4 Å². The fourth-order valence-electron chi connectivity index (χ4n) is 4.63. The minimum Gasteiger partial charge on any atom is -0.507 e. The number of unbranched alkanes of at least 4 members (excludes halogenated alkanes) is 2. The summed E-state index contributed by atoms with van der Waals surface area (Å²) in [6.45, 7) is 2.38. The zero-order valence-electron chi connectivity index (χ0n) is 22.2. The van der Waals surface area contributed by atoms with Gasteiger partial charge in [0, 0.05) is 12.1 Å². The summed E-state index contributed by atoms with van der Waals surface area (Å²) in [4.78, 5) is 27.7. The Hall–Kier alpha value is -4.27. The summed E-state index contributed by atoms with van der Waals surface area (Å²) in [5.41, 5.74) is -0.0287. The topological polar surface area (TPSA) is 76.1 Å². The fourth-order valence-corrected chi connectivity index (χ4v) is 4.63. The molecule has 9 heteroatoms. The van der Waals surface area contributed by atoms with E-state index in [1.807, 2.05) is 0 Å². The third-order valence-electron chi connectivity index (χ3n) is 6.72. The van der Waals surface area contributed by atoms with E-state index in [0.29, 0.717) is 29.2 Å². The van der Waals surface area contributed by atoms with Gasteiger partial charge in [-0.1, -0.05) is 44.0 Å². The van der Waals surface area contributed by atoms with Gasteiger partial charge in [0.25, 0.3) is 11.7 Å². The van der Waals surface area contributed by atoms with Crippen LogP contribution in [0.2, 0.25) is 0 Å². The van der Waals surface area contributed by atoms with Crippen LogP contribution in [0.15, 0.2) is 78.4 Å². The van der Waals surface area contributed by atoms with Crippen molar-refractivity contribution in [3.8, 4) is 11.5 Å². The quantitative estimate of drug-likeness (QED) is 0.128. The normalized spacial score (nSPS) is 16.8. The second kappa shape index (κ2) is 12.3. The Balaban J connectivity index is 1.72. The van der Waals surface area contributed by atoms with Crippen molar-refractivity contribution in [2.24, 2.45) is 0 Å². The molecule has 1 aliphatic heterocycles. The molecule has 0 saturated carbocycles. The second-order valence-corrected chi connectivity index (χ2v) is 9.48. The molecule has 1 fully saturated rings. The third kappa shape index (κ3) is 6.30. The molecule has 0 radical (unpaired) electrons. The molecule has 0 spiro atoms. The number of nitrogens with zero attached hydrogens (tertiary/aromatic N) is 1. The maximum Gasteiger partial charge on any atom is 0.416 e. The van der Waals surface area contributed by atoms with Gasteiger partial charge in [-0.2, -0.15) is 13.2 Å². The van der Waals surface area contributed by atoms with Crippen molar-refractivity contribution in [3.63, 3.8) is 0 Å². The number of alkyl halides is 3. The average Bonchev–Trinajstić information content (AvgIpc) is 3.20. The predicted octanol–water partition coefficient (Wildman–Crippen LogP) is 6.90. The van der Waals surface area contributed by atoms with Crippen LogP contribution in [0.1, 0.15) is 54.5 Å². The lowest BCUT2D eigenvalue weighted by atomic mass is 9.95. The number of rotatable bonds is 10. The van der Waals surface area contributed by atoms with Crippen molar-refractivity contribution in [2.45, 2.75) is 44.9 Å². The van der Waals surface area contributed by atoms with Gasteiger partial charge in [0.1, 0.15) is 17.3 Å². The highest BCUT2D eigenvalue weighted by Gasteiger charge is 2.46. The van der Waals surface area contributed by atoms with Crippen LogP contribution >= 0.6 is 0 Å². The summed E-state index contributed by atoms with van der Waals surface area (Å²) in [7, 11) is 1.49. The maximum atomic E-state index is 13.3. The first kappa shape index (κ1) is 28.7. The molecule has 1 heterocycles. The number of carbonyl (C=O) groups is 2. The van der Waals surface area contributed by atoms with Gasteiger partial charge in [0.2, 0.25) is 0 Å². The molecule has 210 valence electrons. The Morgan fingerprint density at radius 1 is 0.950 bits per heavy atom. The zero-order chi connectivity index (χ0) is 28.9. The van der Waals surface area contributed by atoms with E-state index < -0.39 is 29.5 Å². The lowest BCUT2D eigenvalue weighted by Crippen LogP contribution is -2.29. The lowest BCUT2D eigenvalue weighted by molar-refractivity contribution is -0.140. The SMILES string of the molecule is CCCCCOc1ccc(/C(O)=C2\C(=O)C(=O)N(Cc3cccc(C(F)(F)F)c3)C2c2ccc(OC)cc2)cc1. The van der Waals surface area contributed by atoms with Gasteiger partial charge < -0.3 is 19.5 Å². The monoisotopic (exact) mass is 553 g/mol. The number of hydrogen-bond donors (Lipinski definition) is 1. The number of aliphatic hydroxyl groups is 1. The van der Waals surface area contributed by atoms with Crippen molar-refractivity contribution in [2.75, 3.05) is 13.7 Å². The fraction of sp³-hybridized carbons (Fsp3) is 0.290. The second-order valence-electron chi connectivity index (χ2n) is 9.48. The number of carbonyl (C=O) groups excluding carboxylic acids is 2. The van der Waals surface area contributed by atoms with Crippen LogP contribution in [0, 0.1) is 0 Å². The minimum atomic E-state index is -4.56. The van der Waals surface area contributed by atoms with Crippen molar-refractivity contribution in [3.05, 3.63) is 101 Å². The number of methoxy groups -OCH3 is 1. The number of aliphatic hydroxyl groups excluding tert-OH is 1. The summed E-state index contributed by atoms with van der Waals surface area (Å²) in [6, 6.07) is 16.7. The van der Waals surface area contributed by atoms with E-state index in [1.165, 1.54) is 24.1 Å². The van der Waals surface area contributed by atoms with Crippen LogP contribution in [-0.2, 0) is 22.3 Å². The third-order valence-corrected chi connectivity index (χ3v) is 6.72. The van der Waals surface area contributed by atoms with Gasteiger partial charge >= 0.3 is 6.18 Å². The van der Waals surface area contributed by atoms with Gasteiger partial charge in [-0.05, 0) is 66.1 Å². The van der Waals surface area contributed by atoms with Crippen molar-refractivity contribution < 1.29 is 37.3 Å². The number of ketones is 1. The first-order valence-electron chi connectivity index (χ1n) is 13.0. The summed E-state index contributed by atoms with van der Waals surface area (Å²) in [6.07, 6.45) is -1.54. The molecule has 0 bridgehead atoms. The summed E-state index contributed by atoms with van der Waals surface area (Å²) < 4.78 is 50.9. The molecule has 3 aromatic carbocycles. The van der Waals surface area contributed by atoms with Crippen molar-refractivity contribution in [1.29, 1.82) is 0 Å². The van der Waals surface area contributed by atoms with E-state index in [0.717, 1.165) is 31.4 Å². The molecule has 40 heavy (non-hydrogen) atoms. The average molecular weight is 554 g/mol. The van der Waals surface area contributed by atoms with Crippen LogP contribution in [0.3, 0.4) is 0 Å². The summed E-state index contributed by atoms with van der Waals surface area (Å²) >= 11 is 0. The number of benzene rings is 3. The molecular formula is C31H30F3NO5. The highest BCUT2D eigenvalue weighted by Crippen LogP contribution is 2.41. The van der Waals surface area contributed by atoms with Gasteiger partial charge in [-0.15, -0.1) is 0 Å². The Bertz CT molecular complexity index is 1380. The molecule has 4 rings (SSSR count). The molecule has 0 aliphatic carbocycles. The van der Waals surface area contributed by atoms with Crippen LogP contribution < -0.4 is 9.47 Å². The number of likely N-dealkylation sites (tertiary alicyclic amines) is 1. The smallest absolute Gasteiger partial charge is 0.416 e. The number of amides is 1. The van der Waals surface area contributed by atoms with Crippen LogP contribution in [0.5, 0.6) is 11.5 Å². The molecule has 1 aliphatic rings. The van der Waals surface area contributed by atoms with Gasteiger partial charge in [-0.25, -0.2) is 0 Å². The Labute approximate surface area is 230 Å². The first-order chi connectivity index (χ1) is 19.1. The predicted molar refractivity (Wildman–Crippen MR) is 144 cm³/mol. The van der Waals surface area contributed by atoms with E-state index in [2.05, 4.69) is 6.92 Å². The van der Waals surface area contributed by atoms with E-state index in [9.17, 15) is 27.9 Å². The van der Waals surface area contributed by atoms with E-state index in [4.69, 9.17) is 9.47 Å². The molecule has 1 saturated heterocycles. The zero-order valence-corrected chi connectivity index (χ0v) is 22.2. The highest BCUT2D eigenvalue weighted by molar-refractivity contribution is 6.46. The first-order valence-corrected chi connectivity index (χ1v) is 13.0. The molecule has 0 aromatic heterocycles. The molecule has 1 amide bonds. The lowest BCUT2D eigenvalue weighted by Gasteiger charge is -2.26. The molecule has 1 atom stereocenters. The Morgan fingerprint density at radius 3 is 2.25 bits per heavy atom. The Morgan fingerprint density at radius 2 is 1.62 bits per heavy atom. The van der Waals surface area contributed by atoms with Crippen LogP contribution in [0.4, 0.5) is 13.2 Å². The maximum absolute atomic E-state index is 13.3. The molecule has 6 nitrogen and oxygen atoms in total. The minimum absolute atomic E-state index is 0.154. The molecule has 3 aromatic rings. The molecule has 1 N–H and O–H groups in total. The van der Waals surface area contributed by atoms with Gasteiger partial charge in [0.15, 0.2) is 0 Å². The summed E-state index contributed by atoms with van der Waals surface area (Å²) in [5.74, 6) is -1.10. The number of ether oxygens (including phenoxy) is 2. The molecule has 1 unspecified atom stereocenters. The van der Waals surface area contributed by atoms with Crippen LogP contribution in [-0.4, -0.2) is 35.4 Å². The number of halogens is 3. The van der Waals surface area contributed by atoms with Crippen LogP contribution in [0.25, 0.3) is 5.76 Å². The van der Waals surface area contributed by atoms with E-state index >= 15 is 0 Å². The molecular weight excluding hydrogens is 523 g/mol. The standard InChI is InChI=1S/C31H30F3NO5/c1-3-4-5-17-40-25-15-11-22(12-16-25)28(36)26-27(21-9-13-24(39-2)14-10-21)35(30(38)29(26)37)19-20-7-6-8-23(18-20)31(32,33)34/h6-16,18,27,36H,3-5,17,19H2,1-2H3/b28-26+. The highest BCUT2D eigenvalue weighted by atomic mass is 19.4. The van der Waals surface area contributed by atoms with Gasteiger partial charge in [0.05, 0.1) is 30.9 Å². The number of hydrogen-bond acceptors (Lipinski definition) is 5. The summed E-state index contributed by atoms with van der Waals surface area (Å²) in [5, 5.41) is 11.3. The van der Waals surface area contributed by atoms with Crippen molar-refractivity contribution in [1.82, 2.24) is 4.90 Å². The van der Waals surface area contributed by atoms with E-state index in [-0.39, 0.29) is 23.4 Å². The largest absolute Gasteiger partial charge is 0.507 e. The van der Waals surface area contributed by atoms with Gasteiger partial charge in [-0.3, -0.25) is 9.59 Å².